The number of nitrogens with zero attached hydrogens (tertiary/aromatic N) is 1. The third kappa shape index (κ3) is 4.01. The molecule has 1 heterocycles. The van der Waals surface area contributed by atoms with Crippen LogP contribution in [0.5, 0.6) is 5.75 Å². The zero-order valence-corrected chi connectivity index (χ0v) is 16.0. The Morgan fingerprint density at radius 3 is 2.68 bits per heavy atom. The maximum Gasteiger partial charge on any atom is 0.255 e. The van der Waals surface area contributed by atoms with Gasteiger partial charge < -0.3 is 15.0 Å². The molecule has 0 saturated heterocycles. The van der Waals surface area contributed by atoms with Crippen LogP contribution in [0.2, 0.25) is 0 Å². The van der Waals surface area contributed by atoms with Gasteiger partial charge in [-0.3, -0.25) is 4.79 Å². The van der Waals surface area contributed by atoms with Gasteiger partial charge in [0, 0.05) is 36.1 Å². The predicted octanol–water partition coefficient (Wildman–Crippen LogP) is 4.90. The lowest BCUT2D eigenvalue weighted by Crippen LogP contribution is -2.19. The molecule has 28 heavy (non-hydrogen) atoms. The molecule has 0 fully saturated rings. The van der Waals surface area contributed by atoms with Gasteiger partial charge in [0.05, 0.1) is 6.61 Å². The molecular formula is C24H24N2O2. The van der Waals surface area contributed by atoms with Crippen molar-refractivity contribution in [1.29, 1.82) is 0 Å². The van der Waals surface area contributed by atoms with Crippen LogP contribution in [0, 0.1) is 0 Å². The van der Waals surface area contributed by atoms with Crippen molar-refractivity contribution in [1.82, 2.24) is 0 Å². The molecular weight excluding hydrogens is 348 g/mol. The zero-order chi connectivity index (χ0) is 19.3. The van der Waals surface area contributed by atoms with E-state index in [9.17, 15) is 4.79 Å². The number of hydrogen-bond acceptors (Lipinski definition) is 3. The fourth-order valence-corrected chi connectivity index (χ4v) is 3.59. The summed E-state index contributed by atoms with van der Waals surface area (Å²) in [6.07, 6.45) is 1.09. The minimum absolute atomic E-state index is 0.119. The number of hydrogen-bond donors (Lipinski definition) is 1. The first kappa shape index (κ1) is 18.1. The summed E-state index contributed by atoms with van der Waals surface area (Å²) in [6, 6.07) is 23.9. The Labute approximate surface area is 165 Å². The van der Waals surface area contributed by atoms with E-state index in [0.717, 1.165) is 30.9 Å². The lowest BCUT2D eigenvalue weighted by atomic mass is 10.1. The standard InChI is InChI=1S/C24H24N2O2/c1-2-28-22-8-5-7-21(16-22)25-24(27)20-12-10-18(11-13-20)17-26-15-14-19-6-3-4-9-23(19)26/h3-13,16H,2,14-15,17H2,1H3,(H,25,27). The molecule has 0 saturated carbocycles. The van der Waals surface area contributed by atoms with Gasteiger partial charge >= 0.3 is 0 Å². The van der Waals surface area contributed by atoms with Crippen molar-refractivity contribution in [3.05, 3.63) is 89.5 Å². The van der Waals surface area contributed by atoms with Crippen LogP contribution in [0.4, 0.5) is 11.4 Å². The van der Waals surface area contributed by atoms with Crippen molar-refractivity contribution in [2.75, 3.05) is 23.4 Å². The Morgan fingerprint density at radius 2 is 1.86 bits per heavy atom. The fraction of sp³-hybridized carbons (Fsp3) is 0.208. The minimum Gasteiger partial charge on any atom is -0.494 e. The summed E-state index contributed by atoms with van der Waals surface area (Å²) in [5.41, 5.74) is 5.30. The van der Waals surface area contributed by atoms with Crippen LogP contribution in [0.15, 0.2) is 72.8 Å². The van der Waals surface area contributed by atoms with E-state index >= 15 is 0 Å². The topological polar surface area (TPSA) is 41.6 Å². The second kappa shape index (κ2) is 8.17. The second-order valence-corrected chi connectivity index (χ2v) is 6.91. The van der Waals surface area contributed by atoms with E-state index in [1.54, 1.807) is 0 Å². The van der Waals surface area contributed by atoms with Gasteiger partial charge in [0.1, 0.15) is 5.75 Å². The highest BCUT2D eigenvalue weighted by atomic mass is 16.5. The van der Waals surface area contributed by atoms with Gasteiger partial charge in [-0.2, -0.15) is 0 Å². The highest BCUT2D eigenvalue weighted by Gasteiger charge is 2.18. The first-order valence-electron chi connectivity index (χ1n) is 9.69. The summed E-state index contributed by atoms with van der Waals surface area (Å²) in [7, 11) is 0. The lowest BCUT2D eigenvalue weighted by Gasteiger charge is -2.19. The fourth-order valence-electron chi connectivity index (χ4n) is 3.59. The number of amides is 1. The van der Waals surface area contributed by atoms with Gasteiger partial charge in [-0.1, -0.05) is 36.4 Å². The molecule has 4 nitrogen and oxygen atoms in total. The van der Waals surface area contributed by atoms with Gasteiger partial charge in [0.2, 0.25) is 0 Å². The summed E-state index contributed by atoms with van der Waals surface area (Å²) in [6.45, 7) is 4.43. The summed E-state index contributed by atoms with van der Waals surface area (Å²) in [4.78, 5) is 14.9. The van der Waals surface area contributed by atoms with Crippen LogP contribution >= 0.6 is 0 Å². The lowest BCUT2D eigenvalue weighted by molar-refractivity contribution is 0.102. The number of rotatable bonds is 6. The van der Waals surface area contributed by atoms with E-state index in [1.165, 1.54) is 16.8 Å². The van der Waals surface area contributed by atoms with Gasteiger partial charge in [-0.05, 0) is 54.8 Å². The highest BCUT2D eigenvalue weighted by Crippen LogP contribution is 2.28. The maximum atomic E-state index is 12.5. The minimum atomic E-state index is -0.119. The maximum absolute atomic E-state index is 12.5. The quantitative estimate of drug-likeness (QED) is 0.669. The molecule has 0 spiro atoms. The van der Waals surface area contributed by atoms with Crippen molar-refractivity contribution in [3.8, 4) is 5.75 Å². The van der Waals surface area contributed by atoms with Gasteiger partial charge in [-0.15, -0.1) is 0 Å². The van der Waals surface area contributed by atoms with Crippen LogP contribution in [0.1, 0.15) is 28.4 Å². The Bertz CT molecular complexity index is 966. The Kier molecular flexibility index (Phi) is 5.29. The zero-order valence-electron chi connectivity index (χ0n) is 16.0. The Balaban J connectivity index is 1.40. The molecule has 1 aliphatic rings. The van der Waals surface area contributed by atoms with Crippen LogP contribution in [0.25, 0.3) is 0 Å². The third-order valence-electron chi connectivity index (χ3n) is 4.98. The molecule has 0 aromatic heterocycles. The molecule has 1 N–H and O–H groups in total. The normalized spacial score (nSPS) is 12.5. The summed E-state index contributed by atoms with van der Waals surface area (Å²) in [5.74, 6) is 0.633. The number of carbonyl (C=O) groups excluding carboxylic acids is 1. The number of benzene rings is 3. The summed E-state index contributed by atoms with van der Waals surface area (Å²) < 4.78 is 5.48. The summed E-state index contributed by atoms with van der Waals surface area (Å²) >= 11 is 0. The molecule has 3 aromatic rings. The molecule has 4 rings (SSSR count). The van der Waals surface area contributed by atoms with Crippen LogP contribution in [0.3, 0.4) is 0 Å². The van der Waals surface area contributed by atoms with Crippen LogP contribution in [-0.4, -0.2) is 19.1 Å². The average molecular weight is 372 g/mol. The smallest absolute Gasteiger partial charge is 0.255 e. The van der Waals surface area contributed by atoms with E-state index in [1.807, 2.05) is 55.5 Å². The van der Waals surface area contributed by atoms with E-state index in [2.05, 4.69) is 34.5 Å². The Morgan fingerprint density at radius 1 is 1.04 bits per heavy atom. The van der Waals surface area contributed by atoms with Crippen molar-refractivity contribution in [2.45, 2.75) is 19.9 Å². The molecule has 0 unspecified atom stereocenters. The third-order valence-corrected chi connectivity index (χ3v) is 4.98. The van der Waals surface area contributed by atoms with E-state index in [4.69, 9.17) is 4.74 Å². The van der Waals surface area contributed by atoms with Crippen molar-refractivity contribution >= 4 is 17.3 Å². The molecule has 0 atom stereocenters. The monoisotopic (exact) mass is 372 g/mol. The molecule has 0 aliphatic carbocycles. The molecule has 3 aromatic carbocycles. The van der Waals surface area contributed by atoms with Gasteiger partial charge in [-0.25, -0.2) is 0 Å². The van der Waals surface area contributed by atoms with Crippen LogP contribution in [-0.2, 0) is 13.0 Å². The number of fused-ring (bicyclic) bond motifs is 1. The average Bonchev–Trinajstić information content (AvgIpc) is 3.12. The number of carbonyl (C=O) groups is 1. The number of nitrogens with one attached hydrogen (secondary N) is 1. The van der Waals surface area contributed by atoms with E-state index < -0.39 is 0 Å². The first-order chi connectivity index (χ1) is 13.7. The Hall–Kier alpha value is -3.27. The van der Waals surface area contributed by atoms with E-state index in [0.29, 0.717) is 12.2 Å². The molecule has 1 amide bonds. The molecule has 142 valence electrons. The molecule has 1 aliphatic heterocycles. The highest BCUT2D eigenvalue weighted by molar-refractivity contribution is 6.04. The van der Waals surface area contributed by atoms with E-state index in [-0.39, 0.29) is 5.91 Å². The number of para-hydroxylation sites is 1. The first-order valence-corrected chi connectivity index (χ1v) is 9.69. The van der Waals surface area contributed by atoms with Crippen molar-refractivity contribution < 1.29 is 9.53 Å². The second-order valence-electron chi connectivity index (χ2n) is 6.91. The number of anilines is 2. The molecule has 0 radical (unpaired) electrons. The molecule has 0 bridgehead atoms. The van der Waals surface area contributed by atoms with Crippen molar-refractivity contribution in [3.63, 3.8) is 0 Å². The SMILES string of the molecule is CCOc1cccc(NC(=O)c2ccc(CN3CCc4ccccc43)cc2)c1. The summed E-state index contributed by atoms with van der Waals surface area (Å²) in [5, 5.41) is 2.93. The van der Waals surface area contributed by atoms with Gasteiger partial charge in [0.25, 0.3) is 5.91 Å². The largest absolute Gasteiger partial charge is 0.494 e. The molecule has 4 heteroatoms. The predicted molar refractivity (Wildman–Crippen MR) is 113 cm³/mol. The van der Waals surface area contributed by atoms with Gasteiger partial charge in [0.15, 0.2) is 0 Å². The van der Waals surface area contributed by atoms with Crippen LogP contribution < -0.4 is 15.0 Å². The number of ether oxygens (including phenoxy) is 1. The van der Waals surface area contributed by atoms with Crippen molar-refractivity contribution in [2.24, 2.45) is 0 Å².